The van der Waals surface area contributed by atoms with Crippen molar-refractivity contribution in [2.45, 2.75) is 17.8 Å². The fourth-order valence-electron chi connectivity index (χ4n) is 7.23. The van der Waals surface area contributed by atoms with Crippen molar-refractivity contribution in [2.24, 2.45) is 0 Å². The van der Waals surface area contributed by atoms with Crippen LogP contribution >= 0.6 is 0 Å². The van der Waals surface area contributed by atoms with Gasteiger partial charge in [-0.05, 0) is 57.6 Å². The minimum Gasteiger partial charge on any atom is -0.248 e. The molecule has 0 unspecified atom stereocenters. The van der Waals surface area contributed by atoms with Crippen molar-refractivity contribution in [3.05, 3.63) is 205 Å². The lowest BCUT2D eigenvalue weighted by Gasteiger charge is -2.38. The van der Waals surface area contributed by atoms with Gasteiger partial charge in [-0.25, -0.2) is 9.97 Å². The zero-order chi connectivity index (χ0) is 39.6. The van der Waals surface area contributed by atoms with Crippen molar-refractivity contribution in [1.82, 2.24) is 9.97 Å². The number of benzene rings is 6. The standard InChI is InChI=1S/C49H32F6N2/c50-48(51,52)47(49(53,54)55,41-25-21-33(22-26-41)39-29-43(35-13-5-1-6-14-35)56-44(30-39)36-15-7-2-8-16-36)42-27-23-34(24-28-42)40-31-45(37-17-9-3-10-18-37)57-46(32-40)38-19-11-4-12-20-38/h1-32H. The molecule has 0 amide bonds. The van der Waals surface area contributed by atoms with Gasteiger partial charge in [0.15, 0.2) is 0 Å². The molecule has 8 aromatic rings. The van der Waals surface area contributed by atoms with Gasteiger partial charge in [-0.1, -0.05) is 170 Å². The summed E-state index contributed by atoms with van der Waals surface area (Å²) in [6, 6.07) is 53.5. The Kier molecular flexibility index (Phi) is 9.79. The Hall–Kier alpha value is -6.80. The molecule has 0 saturated heterocycles. The Labute approximate surface area is 325 Å². The summed E-state index contributed by atoms with van der Waals surface area (Å²) in [7, 11) is 0. The average molecular weight is 763 g/mol. The van der Waals surface area contributed by atoms with E-state index in [9.17, 15) is 0 Å². The van der Waals surface area contributed by atoms with Crippen LogP contribution in [0.1, 0.15) is 11.1 Å². The van der Waals surface area contributed by atoms with Crippen LogP contribution < -0.4 is 0 Å². The van der Waals surface area contributed by atoms with Crippen molar-refractivity contribution in [3.8, 4) is 67.3 Å². The van der Waals surface area contributed by atoms with Gasteiger partial charge in [0.2, 0.25) is 5.41 Å². The predicted octanol–water partition coefficient (Wildman–Crippen LogP) is 13.9. The summed E-state index contributed by atoms with van der Waals surface area (Å²) in [5, 5.41) is 0. The summed E-state index contributed by atoms with van der Waals surface area (Å²) < 4.78 is 91.9. The number of rotatable bonds is 8. The first kappa shape index (κ1) is 37.1. The molecule has 0 saturated carbocycles. The van der Waals surface area contributed by atoms with Crippen molar-refractivity contribution in [1.29, 1.82) is 0 Å². The summed E-state index contributed by atoms with van der Waals surface area (Å²) in [4.78, 5) is 9.66. The Morgan fingerprint density at radius 1 is 0.263 bits per heavy atom. The molecule has 57 heavy (non-hydrogen) atoms. The lowest BCUT2D eigenvalue weighted by Crippen LogP contribution is -2.54. The third kappa shape index (κ3) is 7.22. The molecule has 0 radical (unpaired) electrons. The van der Waals surface area contributed by atoms with Crippen LogP contribution in [0.3, 0.4) is 0 Å². The summed E-state index contributed by atoms with van der Waals surface area (Å²) in [5.74, 6) is 0. The van der Waals surface area contributed by atoms with Crippen LogP contribution in [0.5, 0.6) is 0 Å². The Bertz CT molecular complexity index is 2300. The smallest absolute Gasteiger partial charge is 0.248 e. The molecule has 0 spiro atoms. The number of pyridine rings is 2. The summed E-state index contributed by atoms with van der Waals surface area (Å²) in [6.45, 7) is 0. The maximum Gasteiger partial charge on any atom is 0.411 e. The molecule has 0 atom stereocenters. The summed E-state index contributed by atoms with van der Waals surface area (Å²) in [6.07, 6.45) is -11.5. The number of hydrogen-bond donors (Lipinski definition) is 0. The maximum atomic E-state index is 15.3. The second-order valence-electron chi connectivity index (χ2n) is 13.6. The van der Waals surface area contributed by atoms with E-state index < -0.39 is 28.9 Å². The van der Waals surface area contributed by atoms with Crippen LogP contribution in [0.25, 0.3) is 67.3 Å². The van der Waals surface area contributed by atoms with Gasteiger partial charge in [0, 0.05) is 22.3 Å². The monoisotopic (exact) mass is 762 g/mol. The molecule has 8 rings (SSSR count). The van der Waals surface area contributed by atoms with Gasteiger partial charge in [0.1, 0.15) is 0 Å². The van der Waals surface area contributed by atoms with E-state index in [0.717, 1.165) is 46.5 Å². The molecular weight excluding hydrogens is 731 g/mol. The average Bonchev–Trinajstić information content (AvgIpc) is 3.24. The van der Waals surface area contributed by atoms with E-state index in [-0.39, 0.29) is 0 Å². The van der Waals surface area contributed by atoms with Crippen LogP contribution in [0.4, 0.5) is 26.3 Å². The molecular formula is C49H32F6N2. The van der Waals surface area contributed by atoms with Crippen LogP contribution in [-0.4, -0.2) is 22.3 Å². The van der Waals surface area contributed by atoms with Crippen molar-refractivity contribution in [3.63, 3.8) is 0 Å². The largest absolute Gasteiger partial charge is 0.411 e. The molecule has 0 N–H and O–H groups in total. The fraction of sp³-hybridized carbons (Fsp3) is 0.0612. The Morgan fingerprint density at radius 3 is 0.737 bits per heavy atom. The molecule has 0 fully saturated rings. The van der Waals surface area contributed by atoms with E-state index in [0.29, 0.717) is 45.0 Å². The van der Waals surface area contributed by atoms with Crippen LogP contribution in [0.15, 0.2) is 194 Å². The van der Waals surface area contributed by atoms with Crippen molar-refractivity contribution in [2.75, 3.05) is 0 Å². The van der Waals surface area contributed by atoms with E-state index >= 15 is 26.3 Å². The first-order chi connectivity index (χ1) is 27.5. The molecule has 6 aromatic carbocycles. The molecule has 8 heteroatoms. The topological polar surface area (TPSA) is 25.8 Å². The van der Waals surface area contributed by atoms with E-state index in [2.05, 4.69) is 0 Å². The number of hydrogen-bond acceptors (Lipinski definition) is 2. The molecule has 0 bridgehead atoms. The van der Waals surface area contributed by atoms with Crippen LogP contribution in [0, 0.1) is 0 Å². The van der Waals surface area contributed by atoms with Gasteiger partial charge in [-0.3, -0.25) is 0 Å². The van der Waals surface area contributed by atoms with Gasteiger partial charge < -0.3 is 0 Å². The molecule has 0 aliphatic heterocycles. The highest BCUT2D eigenvalue weighted by atomic mass is 19.4. The SMILES string of the molecule is FC(F)(F)C(c1ccc(-c2cc(-c3ccccc3)nc(-c3ccccc3)c2)cc1)(c1ccc(-c2cc(-c3ccccc3)nc(-c3ccccc3)c2)cc1)C(F)(F)F. The highest BCUT2D eigenvalue weighted by Gasteiger charge is 2.72. The number of halogens is 6. The maximum absolute atomic E-state index is 15.3. The number of nitrogens with zero attached hydrogens (tertiary/aromatic N) is 2. The highest BCUT2D eigenvalue weighted by molar-refractivity contribution is 5.78. The lowest BCUT2D eigenvalue weighted by atomic mass is 9.72. The zero-order valence-electron chi connectivity index (χ0n) is 30.1. The molecule has 2 heterocycles. The molecule has 2 aromatic heterocycles. The lowest BCUT2D eigenvalue weighted by molar-refractivity contribution is -0.288. The van der Waals surface area contributed by atoms with Gasteiger partial charge >= 0.3 is 12.4 Å². The zero-order valence-corrected chi connectivity index (χ0v) is 30.1. The number of alkyl halides is 6. The van der Waals surface area contributed by atoms with Gasteiger partial charge in [-0.15, -0.1) is 0 Å². The minimum absolute atomic E-state index is 0.435. The summed E-state index contributed by atoms with van der Waals surface area (Å²) >= 11 is 0. The summed E-state index contributed by atoms with van der Waals surface area (Å²) in [5.41, 5.74) is 1.51. The minimum atomic E-state index is -5.75. The van der Waals surface area contributed by atoms with Crippen LogP contribution in [0.2, 0.25) is 0 Å². The van der Waals surface area contributed by atoms with E-state index in [4.69, 9.17) is 9.97 Å². The van der Waals surface area contributed by atoms with Gasteiger partial charge in [-0.2, -0.15) is 26.3 Å². The van der Waals surface area contributed by atoms with Crippen molar-refractivity contribution >= 4 is 0 Å². The third-order valence-electron chi connectivity index (χ3n) is 10.1. The fourth-order valence-corrected chi connectivity index (χ4v) is 7.23. The van der Waals surface area contributed by atoms with Gasteiger partial charge in [0.25, 0.3) is 0 Å². The Morgan fingerprint density at radius 2 is 0.509 bits per heavy atom. The van der Waals surface area contributed by atoms with E-state index in [1.54, 1.807) is 24.3 Å². The highest BCUT2D eigenvalue weighted by Crippen LogP contribution is 2.56. The second kappa shape index (κ2) is 15.0. The normalized spacial score (nSPS) is 12.0. The van der Waals surface area contributed by atoms with Crippen molar-refractivity contribution < 1.29 is 26.3 Å². The molecule has 0 aliphatic rings. The molecule has 280 valence electrons. The van der Waals surface area contributed by atoms with Gasteiger partial charge in [0.05, 0.1) is 22.8 Å². The van der Waals surface area contributed by atoms with Crippen LogP contribution in [-0.2, 0) is 5.41 Å². The molecule has 2 nitrogen and oxygen atoms in total. The predicted molar refractivity (Wildman–Crippen MR) is 214 cm³/mol. The third-order valence-corrected chi connectivity index (χ3v) is 10.1. The molecule has 0 aliphatic carbocycles. The second-order valence-corrected chi connectivity index (χ2v) is 13.6. The van der Waals surface area contributed by atoms with E-state index in [1.165, 1.54) is 24.3 Å². The first-order valence-corrected chi connectivity index (χ1v) is 18.1. The Balaban J connectivity index is 1.22. The first-order valence-electron chi connectivity index (χ1n) is 18.1. The van der Waals surface area contributed by atoms with E-state index in [1.807, 2.05) is 121 Å². The number of aromatic nitrogens is 2. The quantitative estimate of drug-likeness (QED) is 0.144.